The molecule has 1 aromatic heterocycles. The number of aromatic amines is 1. The maximum absolute atomic E-state index is 12.7. The van der Waals surface area contributed by atoms with Crippen LogP contribution in [-0.2, 0) is 0 Å². The predicted octanol–water partition coefficient (Wildman–Crippen LogP) is 3.56. The zero-order valence-corrected chi connectivity index (χ0v) is 18.1. The van der Waals surface area contributed by atoms with E-state index in [1.807, 2.05) is 18.2 Å². The summed E-state index contributed by atoms with van der Waals surface area (Å²) >= 11 is 0. The fraction of sp³-hybridized carbons (Fsp3) is 0.542. The number of rotatable bonds is 4. The molecule has 1 saturated carbocycles. The van der Waals surface area contributed by atoms with E-state index in [2.05, 4.69) is 41.3 Å². The van der Waals surface area contributed by atoms with Crippen LogP contribution in [0.4, 0.5) is 0 Å². The van der Waals surface area contributed by atoms with Crippen molar-refractivity contribution in [2.24, 2.45) is 11.3 Å². The van der Waals surface area contributed by atoms with Crippen molar-refractivity contribution in [1.29, 1.82) is 0 Å². The summed E-state index contributed by atoms with van der Waals surface area (Å²) in [6.07, 6.45) is 4.07. The lowest BCUT2D eigenvalue weighted by atomic mass is 9.74. The quantitative estimate of drug-likeness (QED) is 0.717. The van der Waals surface area contributed by atoms with Crippen molar-refractivity contribution >= 4 is 5.91 Å². The topological polar surface area (TPSA) is 95.1 Å². The zero-order valence-electron chi connectivity index (χ0n) is 18.1. The summed E-state index contributed by atoms with van der Waals surface area (Å²) in [5.41, 5.74) is 1.36. The fourth-order valence-electron chi connectivity index (χ4n) is 4.60. The minimum absolute atomic E-state index is 0.120. The van der Waals surface area contributed by atoms with Crippen LogP contribution in [0.1, 0.15) is 73.6 Å². The van der Waals surface area contributed by atoms with Crippen molar-refractivity contribution in [1.82, 2.24) is 15.3 Å². The van der Waals surface area contributed by atoms with Gasteiger partial charge >= 0.3 is 5.69 Å². The highest BCUT2D eigenvalue weighted by molar-refractivity contribution is 5.92. The van der Waals surface area contributed by atoms with Crippen molar-refractivity contribution in [2.75, 3.05) is 6.54 Å². The Morgan fingerprint density at radius 1 is 1.30 bits per heavy atom. The number of benzene rings is 1. The van der Waals surface area contributed by atoms with Gasteiger partial charge in [0.1, 0.15) is 5.69 Å². The first-order valence-electron chi connectivity index (χ1n) is 10.8. The lowest BCUT2D eigenvalue weighted by Crippen LogP contribution is -2.38. The molecular weight excluding hydrogens is 378 g/mol. The molecule has 3 N–H and O–H groups in total. The SMILES string of the molecule is Cc1cc(C(=O)NC[C@@]2(C)CC[C@@H](C)C[C@H](O)C[C@@H](c3ccccc3)C2)nc(=O)[nH]1. The molecule has 6 heteroatoms. The Morgan fingerprint density at radius 3 is 2.73 bits per heavy atom. The van der Waals surface area contributed by atoms with Crippen LogP contribution in [-0.4, -0.2) is 33.6 Å². The molecule has 0 aliphatic heterocycles. The summed E-state index contributed by atoms with van der Waals surface area (Å²) in [5, 5.41) is 13.6. The molecule has 1 amide bonds. The van der Waals surface area contributed by atoms with Gasteiger partial charge in [0.2, 0.25) is 0 Å². The number of amides is 1. The fourth-order valence-corrected chi connectivity index (χ4v) is 4.60. The largest absolute Gasteiger partial charge is 0.393 e. The van der Waals surface area contributed by atoms with Crippen LogP contribution in [0.15, 0.2) is 41.2 Å². The van der Waals surface area contributed by atoms with Crippen molar-refractivity contribution < 1.29 is 9.90 Å². The van der Waals surface area contributed by atoms with E-state index < -0.39 is 5.69 Å². The molecular formula is C24H33N3O3. The van der Waals surface area contributed by atoms with Crippen molar-refractivity contribution in [3.8, 4) is 0 Å². The molecule has 1 aliphatic carbocycles. The summed E-state index contributed by atoms with van der Waals surface area (Å²) in [7, 11) is 0. The number of hydrogen-bond acceptors (Lipinski definition) is 4. The van der Waals surface area contributed by atoms with E-state index in [0.717, 1.165) is 32.1 Å². The van der Waals surface area contributed by atoms with Crippen LogP contribution in [0, 0.1) is 18.3 Å². The van der Waals surface area contributed by atoms with Gasteiger partial charge in [-0.1, -0.05) is 50.6 Å². The predicted molar refractivity (Wildman–Crippen MR) is 117 cm³/mol. The number of aliphatic hydroxyl groups is 1. The molecule has 3 rings (SSSR count). The van der Waals surface area contributed by atoms with Gasteiger partial charge in [0.15, 0.2) is 0 Å². The lowest BCUT2D eigenvalue weighted by molar-refractivity contribution is 0.0915. The van der Waals surface area contributed by atoms with E-state index in [1.165, 1.54) is 5.56 Å². The number of aryl methyl sites for hydroxylation is 1. The Kier molecular flexibility index (Phi) is 7.08. The molecule has 0 bridgehead atoms. The van der Waals surface area contributed by atoms with Crippen LogP contribution in [0.2, 0.25) is 0 Å². The van der Waals surface area contributed by atoms with E-state index in [-0.39, 0.29) is 29.0 Å². The molecule has 0 spiro atoms. The second kappa shape index (κ2) is 9.56. The van der Waals surface area contributed by atoms with E-state index in [0.29, 0.717) is 18.2 Å². The molecule has 4 atom stereocenters. The van der Waals surface area contributed by atoms with Gasteiger partial charge in [0.25, 0.3) is 5.91 Å². The van der Waals surface area contributed by atoms with Gasteiger partial charge in [-0.3, -0.25) is 4.79 Å². The molecule has 0 saturated heterocycles. The van der Waals surface area contributed by atoms with E-state index in [4.69, 9.17) is 0 Å². The van der Waals surface area contributed by atoms with E-state index >= 15 is 0 Å². The second-order valence-electron chi connectivity index (χ2n) is 9.33. The van der Waals surface area contributed by atoms with Gasteiger partial charge in [-0.2, -0.15) is 4.98 Å². The monoisotopic (exact) mass is 411 g/mol. The third-order valence-corrected chi connectivity index (χ3v) is 6.27. The van der Waals surface area contributed by atoms with Crippen molar-refractivity contribution in [2.45, 2.75) is 64.9 Å². The van der Waals surface area contributed by atoms with Crippen LogP contribution in [0.5, 0.6) is 0 Å². The summed E-state index contributed by atoms with van der Waals surface area (Å²) < 4.78 is 0. The number of H-pyrrole nitrogens is 1. The van der Waals surface area contributed by atoms with Gasteiger partial charge in [0, 0.05) is 12.2 Å². The summed E-state index contributed by atoms with van der Waals surface area (Å²) in [4.78, 5) is 30.6. The summed E-state index contributed by atoms with van der Waals surface area (Å²) in [6, 6.07) is 11.9. The van der Waals surface area contributed by atoms with Crippen LogP contribution in [0.25, 0.3) is 0 Å². The minimum atomic E-state index is -0.513. The van der Waals surface area contributed by atoms with Gasteiger partial charge in [0.05, 0.1) is 6.10 Å². The van der Waals surface area contributed by atoms with Gasteiger partial charge in [-0.15, -0.1) is 0 Å². The van der Waals surface area contributed by atoms with Crippen LogP contribution < -0.4 is 11.0 Å². The third-order valence-electron chi connectivity index (χ3n) is 6.27. The molecule has 1 heterocycles. The first kappa shape index (κ1) is 22.2. The Bertz CT molecular complexity index is 911. The molecule has 0 unspecified atom stereocenters. The highest BCUT2D eigenvalue weighted by atomic mass is 16.3. The highest BCUT2D eigenvalue weighted by Crippen LogP contribution is 2.41. The van der Waals surface area contributed by atoms with Crippen LogP contribution in [0.3, 0.4) is 0 Å². The van der Waals surface area contributed by atoms with Gasteiger partial charge in [-0.05, 0) is 61.5 Å². The van der Waals surface area contributed by atoms with Crippen molar-refractivity contribution in [3.05, 3.63) is 63.8 Å². The Labute approximate surface area is 178 Å². The normalized spacial score (nSPS) is 27.5. The second-order valence-corrected chi connectivity index (χ2v) is 9.33. The molecule has 2 aromatic rings. The molecule has 6 nitrogen and oxygen atoms in total. The Morgan fingerprint density at radius 2 is 2.03 bits per heavy atom. The minimum Gasteiger partial charge on any atom is -0.393 e. The van der Waals surface area contributed by atoms with Crippen LogP contribution >= 0.6 is 0 Å². The zero-order chi connectivity index (χ0) is 21.7. The molecule has 1 aromatic carbocycles. The van der Waals surface area contributed by atoms with Crippen molar-refractivity contribution in [3.63, 3.8) is 0 Å². The van der Waals surface area contributed by atoms with Gasteiger partial charge in [-0.25, -0.2) is 4.79 Å². The number of carbonyl (C=O) groups excluding carboxylic acids is 1. The first-order valence-corrected chi connectivity index (χ1v) is 10.8. The van der Waals surface area contributed by atoms with E-state index in [1.54, 1.807) is 13.0 Å². The first-order chi connectivity index (χ1) is 14.2. The third kappa shape index (κ3) is 6.02. The summed E-state index contributed by atoms with van der Waals surface area (Å²) in [5.74, 6) is 0.338. The molecule has 162 valence electrons. The smallest absolute Gasteiger partial charge is 0.345 e. The number of carbonyl (C=O) groups is 1. The Hall–Kier alpha value is -2.47. The number of nitrogens with one attached hydrogen (secondary N) is 2. The maximum Gasteiger partial charge on any atom is 0.345 e. The standard InChI is InChI=1S/C24H33N3O3/c1-16-9-10-24(3,15-25-22(29)21-12-17(2)26-23(30)27-21)14-19(13-20(28)11-16)18-7-5-4-6-8-18/h4-8,12,16,19-20,28H,9-11,13-15H2,1-3H3,(H,25,29)(H,26,27,30)/t16-,19-,20+,24+/m1/s1. The lowest BCUT2D eigenvalue weighted by Gasteiger charge is -2.34. The molecule has 30 heavy (non-hydrogen) atoms. The number of aliphatic hydroxyl groups excluding tert-OH is 1. The molecule has 0 radical (unpaired) electrons. The molecule has 1 aliphatic rings. The maximum atomic E-state index is 12.7. The number of nitrogens with zero attached hydrogens (tertiary/aromatic N) is 1. The number of aromatic nitrogens is 2. The van der Waals surface area contributed by atoms with Gasteiger partial charge < -0.3 is 15.4 Å². The van der Waals surface area contributed by atoms with E-state index in [9.17, 15) is 14.7 Å². The number of hydrogen-bond donors (Lipinski definition) is 3. The average Bonchev–Trinajstić information content (AvgIpc) is 2.75. The highest BCUT2D eigenvalue weighted by Gasteiger charge is 2.33. The Balaban J connectivity index is 1.78. The summed E-state index contributed by atoms with van der Waals surface area (Å²) in [6.45, 7) is 6.64. The molecule has 1 fully saturated rings. The average molecular weight is 412 g/mol.